The number of hydrogen-bond acceptors (Lipinski definition) is 4. The first kappa shape index (κ1) is 24.6. The maximum atomic E-state index is 15.4. The molecule has 1 saturated carbocycles. The molecular formula is C28H21ClF4N4O. The van der Waals surface area contributed by atoms with Crippen molar-refractivity contribution in [3.8, 4) is 11.6 Å². The van der Waals surface area contributed by atoms with Crippen molar-refractivity contribution in [1.29, 1.82) is 0 Å². The standard InChI is InChI=1S/C28H21ClF4N4O/c1-16-26-34-13-14-37(26)20-9-7-18(28(31,32)33)23(27(29)11-12-27)22(20)25(35-16)24-19(30)8-10-21(36-24)38-15-17-5-3-2-4-6-17/h2-10,13-14,16H,11-12,15H2,1H3. The molecule has 38 heavy (non-hydrogen) atoms. The number of pyridine rings is 1. The summed E-state index contributed by atoms with van der Waals surface area (Å²) in [6, 6.07) is 13.7. The molecule has 1 aliphatic heterocycles. The summed E-state index contributed by atoms with van der Waals surface area (Å²) in [5, 5.41) is 0. The number of rotatable bonds is 5. The summed E-state index contributed by atoms with van der Waals surface area (Å²) >= 11 is 6.73. The van der Waals surface area contributed by atoms with Gasteiger partial charge in [-0.25, -0.2) is 14.4 Å². The average Bonchev–Trinajstić information content (AvgIpc) is 3.48. The van der Waals surface area contributed by atoms with Gasteiger partial charge in [-0.3, -0.25) is 4.99 Å². The van der Waals surface area contributed by atoms with E-state index >= 15 is 4.39 Å². The third-order valence-electron chi connectivity index (χ3n) is 6.76. The molecule has 0 bridgehead atoms. The first-order valence-electron chi connectivity index (χ1n) is 12.0. The van der Waals surface area contributed by atoms with Crippen LogP contribution in [-0.4, -0.2) is 20.2 Å². The van der Waals surface area contributed by atoms with Crippen LogP contribution >= 0.6 is 11.6 Å². The maximum Gasteiger partial charge on any atom is 0.416 e. The van der Waals surface area contributed by atoms with Crippen molar-refractivity contribution in [1.82, 2.24) is 14.5 Å². The maximum absolute atomic E-state index is 15.4. The van der Waals surface area contributed by atoms with Gasteiger partial charge < -0.3 is 9.30 Å². The molecule has 2 aliphatic rings. The summed E-state index contributed by atoms with van der Waals surface area (Å²) in [6.07, 6.45) is -0.773. The summed E-state index contributed by atoms with van der Waals surface area (Å²) in [5.41, 5.74) is 0.142. The zero-order valence-corrected chi connectivity index (χ0v) is 20.9. The minimum Gasteiger partial charge on any atom is -0.473 e. The van der Waals surface area contributed by atoms with Gasteiger partial charge in [0.2, 0.25) is 5.88 Å². The van der Waals surface area contributed by atoms with Crippen LogP contribution in [0.4, 0.5) is 17.6 Å². The fourth-order valence-corrected chi connectivity index (χ4v) is 5.11. The SMILES string of the molecule is CC1N=C(c2nc(OCc3ccccc3)ccc2F)c2c(ccc(C(F)(F)F)c2C2(Cl)CC2)-n2ccnc21. The molecule has 5 nitrogen and oxygen atoms in total. The van der Waals surface area contributed by atoms with E-state index in [0.29, 0.717) is 24.4 Å². The Morgan fingerprint density at radius 1 is 1.08 bits per heavy atom. The van der Waals surface area contributed by atoms with E-state index in [4.69, 9.17) is 21.3 Å². The van der Waals surface area contributed by atoms with E-state index in [2.05, 4.69) is 9.97 Å². The van der Waals surface area contributed by atoms with E-state index in [1.165, 1.54) is 18.2 Å². The summed E-state index contributed by atoms with van der Waals surface area (Å²) in [6.45, 7) is 1.93. The third kappa shape index (κ3) is 4.24. The molecule has 0 saturated heterocycles. The molecule has 1 fully saturated rings. The highest BCUT2D eigenvalue weighted by atomic mass is 35.5. The second-order valence-electron chi connectivity index (χ2n) is 9.41. The summed E-state index contributed by atoms with van der Waals surface area (Å²) in [5.74, 6) is -0.121. The molecule has 10 heteroatoms. The number of benzene rings is 2. The van der Waals surface area contributed by atoms with Gasteiger partial charge >= 0.3 is 6.18 Å². The Bertz CT molecular complexity index is 1560. The van der Waals surface area contributed by atoms with E-state index in [0.717, 1.165) is 11.6 Å². The Balaban J connectivity index is 1.56. The van der Waals surface area contributed by atoms with Gasteiger partial charge in [0.05, 0.1) is 21.8 Å². The number of ether oxygens (including phenoxy) is 1. The number of aromatic nitrogens is 3. The van der Waals surface area contributed by atoms with Crippen LogP contribution in [0.3, 0.4) is 0 Å². The zero-order chi connectivity index (χ0) is 26.7. The molecule has 1 aliphatic carbocycles. The fraction of sp³-hybridized carbons (Fsp3) is 0.250. The summed E-state index contributed by atoms with van der Waals surface area (Å²) in [4.78, 5) is 12.2. The van der Waals surface area contributed by atoms with Crippen molar-refractivity contribution in [2.45, 2.75) is 43.5 Å². The van der Waals surface area contributed by atoms with Crippen molar-refractivity contribution in [3.63, 3.8) is 0 Å². The molecule has 194 valence electrons. The van der Waals surface area contributed by atoms with Crippen molar-refractivity contribution in [3.05, 3.63) is 107 Å². The highest BCUT2D eigenvalue weighted by Crippen LogP contribution is 2.57. The van der Waals surface area contributed by atoms with Crippen molar-refractivity contribution in [2.24, 2.45) is 4.99 Å². The van der Waals surface area contributed by atoms with Gasteiger partial charge in [0.25, 0.3) is 0 Å². The Hall–Kier alpha value is -3.72. The second kappa shape index (κ2) is 8.94. The molecule has 2 aromatic heterocycles. The number of hydrogen-bond donors (Lipinski definition) is 0. The van der Waals surface area contributed by atoms with E-state index in [1.807, 2.05) is 30.3 Å². The number of nitrogens with zero attached hydrogens (tertiary/aromatic N) is 4. The van der Waals surface area contributed by atoms with E-state index in [9.17, 15) is 13.2 Å². The fourth-order valence-electron chi connectivity index (χ4n) is 4.82. The second-order valence-corrected chi connectivity index (χ2v) is 10.1. The highest BCUT2D eigenvalue weighted by molar-refractivity contribution is 6.28. The van der Waals surface area contributed by atoms with Crippen LogP contribution in [-0.2, 0) is 17.7 Å². The highest BCUT2D eigenvalue weighted by Gasteiger charge is 2.51. The van der Waals surface area contributed by atoms with Gasteiger partial charge in [-0.05, 0) is 49.1 Å². The summed E-state index contributed by atoms with van der Waals surface area (Å²) in [7, 11) is 0. The normalized spacial score (nSPS) is 17.7. The molecule has 6 rings (SSSR count). The van der Waals surface area contributed by atoms with Crippen LogP contribution < -0.4 is 4.74 Å². The molecule has 0 radical (unpaired) electrons. The quantitative estimate of drug-likeness (QED) is 0.200. The Labute approximate surface area is 220 Å². The molecule has 4 aromatic rings. The number of alkyl halides is 4. The minimum absolute atomic E-state index is 0.0197. The first-order valence-corrected chi connectivity index (χ1v) is 12.4. The first-order chi connectivity index (χ1) is 18.2. The Morgan fingerprint density at radius 3 is 2.55 bits per heavy atom. The monoisotopic (exact) mass is 540 g/mol. The number of imidazole rings is 1. The Morgan fingerprint density at radius 2 is 1.84 bits per heavy atom. The van der Waals surface area contributed by atoms with Crippen molar-refractivity contribution in [2.75, 3.05) is 0 Å². The van der Waals surface area contributed by atoms with Crippen molar-refractivity contribution >= 4 is 17.3 Å². The summed E-state index contributed by atoms with van der Waals surface area (Å²) < 4.78 is 65.8. The molecule has 0 N–H and O–H groups in total. The zero-order valence-electron chi connectivity index (χ0n) is 20.1. The van der Waals surface area contributed by atoms with E-state index < -0.39 is 28.5 Å². The van der Waals surface area contributed by atoms with Gasteiger partial charge in [-0.1, -0.05) is 30.3 Å². The van der Waals surface area contributed by atoms with Crippen LogP contribution in [0.15, 0.2) is 72.0 Å². The van der Waals surface area contributed by atoms with Crippen LogP contribution in [0.25, 0.3) is 5.69 Å². The Kier molecular flexibility index (Phi) is 5.79. The number of aliphatic imine (C=N–C) groups is 1. The van der Waals surface area contributed by atoms with Crippen LogP contribution in [0, 0.1) is 5.82 Å². The van der Waals surface area contributed by atoms with Gasteiger partial charge in [0.1, 0.15) is 24.2 Å². The predicted molar refractivity (Wildman–Crippen MR) is 134 cm³/mol. The van der Waals surface area contributed by atoms with E-state index in [-0.39, 0.29) is 35.0 Å². The van der Waals surface area contributed by atoms with Crippen molar-refractivity contribution < 1.29 is 22.3 Å². The van der Waals surface area contributed by atoms with Crippen LogP contribution in [0.5, 0.6) is 5.88 Å². The molecule has 3 heterocycles. The van der Waals surface area contributed by atoms with Crippen LogP contribution in [0.1, 0.15) is 59.6 Å². The van der Waals surface area contributed by atoms with Crippen LogP contribution in [0.2, 0.25) is 0 Å². The smallest absolute Gasteiger partial charge is 0.416 e. The lowest BCUT2D eigenvalue weighted by Crippen LogP contribution is -2.22. The largest absolute Gasteiger partial charge is 0.473 e. The minimum atomic E-state index is -4.68. The number of fused-ring (bicyclic) bond motifs is 3. The lowest BCUT2D eigenvalue weighted by atomic mass is 9.90. The van der Waals surface area contributed by atoms with Gasteiger partial charge in [-0.2, -0.15) is 13.2 Å². The molecule has 0 spiro atoms. The average molecular weight is 541 g/mol. The van der Waals surface area contributed by atoms with Gasteiger partial charge in [-0.15, -0.1) is 11.6 Å². The van der Waals surface area contributed by atoms with Gasteiger partial charge in [0, 0.05) is 24.0 Å². The molecule has 1 atom stereocenters. The lowest BCUT2D eigenvalue weighted by Gasteiger charge is -2.24. The molecule has 2 aromatic carbocycles. The molecule has 1 unspecified atom stereocenters. The molecular weight excluding hydrogens is 520 g/mol. The topological polar surface area (TPSA) is 52.3 Å². The lowest BCUT2D eigenvalue weighted by molar-refractivity contribution is -0.138. The third-order valence-corrected chi connectivity index (χ3v) is 7.33. The predicted octanol–water partition coefficient (Wildman–Crippen LogP) is 7.14. The number of halogens is 5. The molecule has 0 amide bonds. The van der Waals surface area contributed by atoms with E-state index in [1.54, 1.807) is 23.9 Å². The van der Waals surface area contributed by atoms with Gasteiger partial charge in [0.15, 0.2) is 5.82 Å².